The average molecular weight is 313 g/mol. The van der Waals surface area contributed by atoms with E-state index in [9.17, 15) is 8.42 Å². The molecule has 2 aromatic rings. The number of nitrogens with zero attached hydrogens (tertiary/aromatic N) is 1. The van der Waals surface area contributed by atoms with Crippen molar-refractivity contribution in [1.29, 1.82) is 0 Å². The Hall–Kier alpha value is -1.64. The van der Waals surface area contributed by atoms with Crippen molar-refractivity contribution in [2.45, 2.75) is 18.4 Å². The second kappa shape index (κ2) is 5.78. The molecule has 0 bridgehead atoms. The summed E-state index contributed by atoms with van der Waals surface area (Å²) in [6, 6.07) is 4.56. The van der Waals surface area contributed by atoms with Gasteiger partial charge < -0.3 is 10.5 Å². The van der Waals surface area contributed by atoms with Crippen LogP contribution in [0.4, 0.5) is 5.13 Å². The fraction of sp³-hybridized carbons (Fsp3) is 0.250. The highest BCUT2D eigenvalue weighted by Crippen LogP contribution is 2.25. The molecule has 1 aromatic heterocycles. The van der Waals surface area contributed by atoms with Gasteiger partial charge in [0.25, 0.3) is 10.0 Å². The van der Waals surface area contributed by atoms with E-state index in [1.165, 1.54) is 30.6 Å². The lowest BCUT2D eigenvalue weighted by molar-refractivity contribution is 0.409. The quantitative estimate of drug-likeness (QED) is 0.876. The first-order valence-corrected chi connectivity index (χ1v) is 8.08. The lowest BCUT2D eigenvalue weighted by atomic mass is 10.2. The van der Waals surface area contributed by atoms with Crippen molar-refractivity contribution in [2.24, 2.45) is 5.73 Å². The summed E-state index contributed by atoms with van der Waals surface area (Å²) in [6.07, 6.45) is 1.61. The number of ether oxygens (including phenoxy) is 1. The van der Waals surface area contributed by atoms with Crippen molar-refractivity contribution in [1.82, 2.24) is 4.98 Å². The molecule has 0 amide bonds. The highest BCUT2D eigenvalue weighted by atomic mass is 32.2. The van der Waals surface area contributed by atoms with Gasteiger partial charge in [0, 0.05) is 23.2 Å². The van der Waals surface area contributed by atoms with E-state index < -0.39 is 10.0 Å². The lowest BCUT2D eigenvalue weighted by Crippen LogP contribution is -2.13. The Balaban J connectivity index is 2.34. The predicted molar refractivity (Wildman–Crippen MR) is 78.5 cm³/mol. The molecular formula is C12H15N3O3S2. The number of aryl methyl sites for hydroxylation is 1. The average Bonchev–Trinajstić information content (AvgIpc) is 2.82. The van der Waals surface area contributed by atoms with E-state index in [4.69, 9.17) is 10.5 Å². The van der Waals surface area contributed by atoms with E-state index in [0.717, 1.165) is 4.88 Å². The van der Waals surface area contributed by atoms with Crippen molar-refractivity contribution >= 4 is 26.5 Å². The SMILES string of the molecule is COc1ccc(S(=O)(=O)Nc2ncc(C)s2)cc1CN. The fourth-order valence-corrected chi connectivity index (χ4v) is 3.61. The number of benzene rings is 1. The monoisotopic (exact) mass is 313 g/mol. The number of anilines is 1. The van der Waals surface area contributed by atoms with Crippen LogP contribution in [0.5, 0.6) is 5.75 Å². The molecule has 0 saturated carbocycles. The van der Waals surface area contributed by atoms with Gasteiger partial charge in [-0.15, -0.1) is 11.3 Å². The molecule has 0 spiro atoms. The van der Waals surface area contributed by atoms with Crippen molar-refractivity contribution < 1.29 is 13.2 Å². The smallest absolute Gasteiger partial charge is 0.263 e. The molecule has 2 rings (SSSR count). The summed E-state index contributed by atoms with van der Waals surface area (Å²) in [5.74, 6) is 0.566. The van der Waals surface area contributed by atoms with Crippen LogP contribution in [0.2, 0.25) is 0 Å². The molecule has 0 aliphatic rings. The maximum atomic E-state index is 12.3. The second-order valence-electron chi connectivity index (χ2n) is 4.06. The van der Waals surface area contributed by atoms with Crippen LogP contribution >= 0.6 is 11.3 Å². The Morgan fingerprint density at radius 2 is 2.20 bits per heavy atom. The minimum atomic E-state index is -3.67. The molecule has 0 atom stereocenters. The summed E-state index contributed by atoms with van der Waals surface area (Å²) in [5, 5.41) is 0.340. The maximum absolute atomic E-state index is 12.3. The van der Waals surface area contributed by atoms with E-state index in [2.05, 4.69) is 9.71 Å². The number of nitrogens with two attached hydrogens (primary N) is 1. The molecule has 8 heteroatoms. The molecule has 0 radical (unpaired) electrons. The van der Waals surface area contributed by atoms with Gasteiger partial charge in [0.15, 0.2) is 5.13 Å². The Morgan fingerprint density at radius 3 is 2.75 bits per heavy atom. The number of thiazole rings is 1. The molecule has 0 saturated heterocycles. The zero-order valence-electron chi connectivity index (χ0n) is 11.1. The molecule has 0 fully saturated rings. The van der Waals surface area contributed by atoms with E-state index in [1.807, 2.05) is 6.92 Å². The molecule has 3 N–H and O–H groups in total. The minimum absolute atomic E-state index is 0.131. The standard InChI is InChI=1S/C12H15N3O3S2/c1-8-7-14-12(19-8)15-20(16,17)10-3-4-11(18-2)9(5-10)6-13/h3-5,7H,6,13H2,1-2H3,(H,14,15). The van der Waals surface area contributed by atoms with Gasteiger partial charge in [-0.1, -0.05) is 0 Å². The number of methoxy groups -OCH3 is 1. The first-order valence-electron chi connectivity index (χ1n) is 5.78. The number of sulfonamides is 1. The van der Waals surface area contributed by atoms with Crippen LogP contribution in [0, 0.1) is 6.92 Å². The highest BCUT2D eigenvalue weighted by molar-refractivity contribution is 7.93. The Morgan fingerprint density at radius 1 is 1.45 bits per heavy atom. The van der Waals surface area contributed by atoms with Gasteiger partial charge in [0.2, 0.25) is 0 Å². The van der Waals surface area contributed by atoms with Crippen molar-refractivity contribution in [3.63, 3.8) is 0 Å². The largest absolute Gasteiger partial charge is 0.496 e. The number of hydrogen-bond acceptors (Lipinski definition) is 6. The normalized spacial score (nSPS) is 11.3. The van der Waals surface area contributed by atoms with Crippen LogP contribution < -0.4 is 15.2 Å². The third kappa shape index (κ3) is 3.09. The topological polar surface area (TPSA) is 94.3 Å². The van der Waals surface area contributed by atoms with Crippen molar-refractivity contribution in [2.75, 3.05) is 11.8 Å². The molecule has 108 valence electrons. The van der Waals surface area contributed by atoms with E-state index >= 15 is 0 Å². The van der Waals surface area contributed by atoms with Crippen molar-refractivity contribution in [3.05, 3.63) is 34.8 Å². The molecule has 1 heterocycles. The second-order valence-corrected chi connectivity index (χ2v) is 6.98. The van der Waals surface area contributed by atoms with Crippen LogP contribution in [-0.2, 0) is 16.6 Å². The van der Waals surface area contributed by atoms with Gasteiger partial charge in [0.1, 0.15) is 5.75 Å². The minimum Gasteiger partial charge on any atom is -0.496 e. The van der Waals surface area contributed by atoms with Gasteiger partial charge in [-0.05, 0) is 25.1 Å². The third-order valence-corrected chi connectivity index (χ3v) is 4.92. The summed E-state index contributed by atoms with van der Waals surface area (Å²) < 4.78 is 32.1. The molecule has 0 unspecified atom stereocenters. The first-order chi connectivity index (χ1) is 9.46. The van der Waals surface area contributed by atoms with E-state index in [0.29, 0.717) is 16.4 Å². The molecule has 0 aliphatic heterocycles. The molecule has 20 heavy (non-hydrogen) atoms. The summed E-state index contributed by atoms with van der Waals surface area (Å²) in [4.78, 5) is 5.04. The van der Waals surface area contributed by atoms with Gasteiger partial charge in [0.05, 0.1) is 12.0 Å². The number of rotatable bonds is 5. The number of nitrogens with one attached hydrogen (secondary N) is 1. The first kappa shape index (κ1) is 14.8. The number of hydrogen-bond donors (Lipinski definition) is 2. The van der Waals surface area contributed by atoms with Crippen LogP contribution in [0.3, 0.4) is 0 Å². The van der Waals surface area contributed by atoms with Gasteiger partial charge >= 0.3 is 0 Å². The fourth-order valence-electron chi connectivity index (χ4n) is 1.66. The zero-order valence-corrected chi connectivity index (χ0v) is 12.7. The maximum Gasteiger partial charge on any atom is 0.263 e. The lowest BCUT2D eigenvalue weighted by Gasteiger charge is -2.10. The molecule has 0 aliphatic carbocycles. The van der Waals surface area contributed by atoms with Crippen LogP contribution in [0.25, 0.3) is 0 Å². The third-order valence-electron chi connectivity index (χ3n) is 2.63. The highest BCUT2D eigenvalue weighted by Gasteiger charge is 2.17. The summed E-state index contributed by atoms with van der Waals surface area (Å²) in [5.41, 5.74) is 6.22. The summed E-state index contributed by atoms with van der Waals surface area (Å²) in [7, 11) is -2.16. The predicted octanol–water partition coefficient (Wildman–Crippen LogP) is 1.72. The van der Waals surface area contributed by atoms with E-state index in [1.54, 1.807) is 12.3 Å². The van der Waals surface area contributed by atoms with Gasteiger partial charge in [-0.25, -0.2) is 13.4 Å². The van der Waals surface area contributed by atoms with Crippen LogP contribution in [0.15, 0.2) is 29.3 Å². The Bertz CT molecular complexity index is 710. The molecular weight excluding hydrogens is 298 g/mol. The van der Waals surface area contributed by atoms with E-state index in [-0.39, 0.29) is 11.4 Å². The Labute approximate surface area is 121 Å². The number of aromatic nitrogens is 1. The Kier molecular flexibility index (Phi) is 4.26. The zero-order chi connectivity index (χ0) is 14.8. The summed E-state index contributed by atoms with van der Waals surface area (Å²) in [6.45, 7) is 2.05. The van der Waals surface area contributed by atoms with Gasteiger partial charge in [-0.2, -0.15) is 0 Å². The van der Waals surface area contributed by atoms with Gasteiger partial charge in [-0.3, -0.25) is 4.72 Å². The van der Waals surface area contributed by atoms with Crippen LogP contribution in [-0.4, -0.2) is 20.5 Å². The molecule has 6 nitrogen and oxygen atoms in total. The van der Waals surface area contributed by atoms with Crippen molar-refractivity contribution in [3.8, 4) is 5.75 Å². The van der Waals surface area contributed by atoms with Crippen LogP contribution in [0.1, 0.15) is 10.4 Å². The summed E-state index contributed by atoms with van der Waals surface area (Å²) >= 11 is 1.28. The molecule has 1 aromatic carbocycles.